The van der Waals surface area contributed by atoms with E-state index in [1.165, 1.54) is 0 Å². The maximum atomic E-state index is 10.7. The zero-order valence-electron chi connectivity index (χ0n) is 8.79. The minimum Gasteiger partial charge on any atom is -0.481 e. The predicted molar refractivity (Wildman–Crippen MR) is 64.3 cm³/mol. The van der Waals surface area contributed by atoms with Crippen molar-refractivity contribution >= 4 is 22.1 Å². The molecule has 0 fully saturated rings. The molecule has 3 aromatic heterocycles. The Balaban J connectivity index is 2.09. The molecule has 0 amide bonds. The molecule has 0 aliphatic heterocycles. The molecular formula is C12H9NO3S. The zero-order valence-corrected chi connectivity index (χ0v) is 9.61. The lowest BCUT2D eigenvalue weighted by Gasteiger charge is -1.94. The maximum absolute atomic E-state index is 10.7. The molecule has 5 heteroatoms. The Morgan fingerprint density at radius 1 is 1.53 bits per heavy atom. The number of thiazole rings is 1. The van der Waals surface area contributed by atoms with Crippen LogP contribution in [0.15, 0.2) is 40.5 Å². The molecule has 0 saturated carbocycles. The van der Waals surface area contributed by atoms with Crippen molar-refractivity contribution < 1.29 is 14.3 Å². The fourth-order valence-electron chi connectivity index (χ4n) is 1.82. The van der Waals surface area contributed by atoms with Crippen molar-refractivity contribution in [1.82, 2.24) is 4.40 Å². The fraction of sp³-hybridized carbons (Fsp3) is 0.0833. The van der Waals surface area contributed by atoms with Crippen molar-refractivity contribution in [3.63, 3.8) is 0 Å². The highest BCUT2D eigenvalue weighted by atomic mass is 32.1. The average Bonchev–Trinajstić information content (AvgIpc) is 2.89. The molecule has 0 atom stereocenters. The molecule has 0 radical (unpaired) electrons. The van der Waals surface area contributed by atoms with E-state index < -0.39 is 5.97 Å². The lowest BCUT2D eigenvalue weighted by molar-refractivity contribution is -0.136. The largest absolute Gasteiger partial charge is 0.481 e. The summed E-state index contributed by atoms with van der Waals surface area (Å²) in [6.07, 6.45) is 3.52. The van der Waals surface area contributed by atoms with Crippen LogP contribution in [0, 0.1) is 0 Å². The predicted octanol–water partition coefficient (Wildman–Crippen LogP) is 2.89. The summed E-state index contributed by atoms with van der Waals surface area (Å²) in [5.41, 5.74) is 1.75. The summed E-state index contributed by atoms with van der Waals surface area (Å²) >= 11 is 1.57. The van der Waals surface area contributed by atoms with Gasteiger partial charge in [0.1, 0.15) is 0 Å². The highest BCUT2D eigenvalue weighted by Crippen LogP contribution is 2.28. The minimum absolute atomic E-state index is 0.0476. The molecule has 86 valence electrons. The van der Waals surface area contributed by atoms with Gasteiger partial charge < -0.3 is 13.9 Å². The number of carbonyl (C=O) groups is 1. The number of hydrogen-bond donors (Lipinski definition) is 1. The molecule has 0 bridgehead atoms. The van der Waals surface area contributed by atoms with Gasteiger partial charge in [-0.2, -0.15) is 0 Å². The van der Waals surface area contributed by atoms with Crippen molar-refractivity contribution in [2.45, 2.75) is 6.42 Å². The Hall–Kier alpha value is -2.01. The second kappa shape index (κ2) is 3.78. The number of furan rings is 1. The van der Waals surface area contributed by atoms with Crippen LogP contribution in [-0.4, -0.2) is 15.5 Å². The summed E-state index contributed by atoms with van der Waals surface area (Å²) in [7, 11) is 0. The molecule has 0 aromatic carbocycles. The fourth-order valence-corrected chi connectivity index (χ4v) is 2.77. The number of carboxylic acid groups (broad SMARTS) is 1. The molecule has 17 heavy (non-hydrogen) atoms. The quantitative estimate of drug-likeness (QED) is 0.774. The van der Waals surface area contributed by atoms with E-state index in [2.05, 4.69) is 0 Å². The normalized spacial score (nSPS) is 11.1. The second-order valence-electron chi connectivity index (χ2n) is 3.73. The van der Waals surface area contributed by atoms with E-state index in [0.29, 0.717) is 0 Å². The van der Waals surface area contributed by atoms with Crippen LogP contribution in [0.5, 0.6) is 0 Å². The van der Waals surface area contributed by atoms with Crippen LogP contribution >= 0.6 is 11.3 Å². The first kappa shape index (κ1) is 10.2. The summed E-state index contributed by atoms with van der Waals surface area (Å²) in [6, 6.07) is 5.62. The third kappa shape index (κ3) is 1.74. The van der Waals surface area contributed by atoms with Crippen molar-refractivity contribution in [2.24, 2.45) is 0 Å². The Morgan fingerprint density at radius 2 is 2.41 bits per heavy atom. The van der Waals surface area contributed by atoms with Crippen LogP contribution in [0.3, 0.4) is 0 Å². The number of aliphatic carboxylic acids is 1. The van der Waals surface area contributed by atoms with Gasteiger partial charge in [-0.05, 0) is 23.8 Å². The van der Waals surface area contributed by atoms with E-state index >= 15 is 0 Å². The van der Waals surface area contributed by atoms with E-state index in [0.717, 1.165) is 21.8 Å². The maximum Gasteiger partial charge on any atom is 0.307 e. The molecule has 0 saturated heterocycles. The third-order valence-corrected chi connectivity index (χ3v) is 3.42. The highest BCUT2D eigenvalue weighted by Gasteiger charge is 2.11. The summed E-state index contributed by atoms with van der Waals surface area (Å²) in [5.74, 6) is -0.0310. The van der Waals surface area contributed by atoms with Crippen LogP contribution < -0.4 is 0 Å². The Bertz CT molecular complexity index is 663. The highest BCUT2D eigenvalue weighted by molar-refractivity contribution is 7.16. The molecule has 1 N–H and O–H groups in total. The van der Waals surface area contributed by atoms with Crippen molar-refractivity contribution in [1.29, 1.82) is 0 Å². The van der Waals surface area contributed by atoms with Crippen molar-refractivity contribution in [3.05, 3.63) is 41.6 Å². The van der Waals surface area contributed by atoms with E-state index in [-0.39, 0.29) is 6.42 Å². The van der Waals surface area contributed by atoms with E-state index in [9.17, 15) is 4.79 Å². The molecule has 3 rings (SSSR count). The van der Waals surface area contributed by atoms with E-state index in [1.54, 1.807) is 17.6 Å². The molecule has 0 aliphatic rings. The first-order chi connectivity index (χ1) is 8.24. The smallest absolute Gasteiger partial charge is 0.307 e. The number of nitrogens with zero attached hydrogens (tertiary/aromatic N) is 1. The Labute approximate surface area is 101 Å². The lowest BCUT2D eigenvalue weighted by Crippen LogP contribution is -1.98. The van der Waals surface area contributed by atoms with Crippen LogP contribution in [0.4, 0.5) is 0 Å². The zero-order chi connectivity index (χ0) is 11.8. The van der Waals surface area contributed by atoms with Crippen LogP contribution in [-0.2, 0) is 11.2 Å². The molecule has 4 nitrogen and oxygen atoms in total. The third-order valence-electron chi connectivity index (χ3n) is 2.52. The summed E-state index contributed by atoms with van der Waals surface area (Å²) in [4.78, 5) is 11.7. The van der Waals surface area contributed by atoms with Gasteiger partial charge in [0.2, 0.25) is 0 Å². The standard InChI is InChI=1S/C12H9NO3S/c14-12(15)5-8-4-11-13(6-8)9(7-17-11)10-2-1-3-16-10/h1-4,6-7H,5H2,(H,14,15). The molecule has 0 aliphatic carbocycles. The molecule has 3 heterocycles. The summed E-state index contributed by atoms with van der Waals surface area (Å²) < 4.78 is 7.31. The number of hydrogen-bond acceptors (Lipinski definition) is 3. The number of aromatic nitrogens is 1. The molecular weight excluding hydrogens is 238 g/mol. The molecule has 0 unspecified atom stereocenters. The minimum atomic E-state index is -0.817. The van der Waals surface area contributed by atoms with Crippen molar-refractivity contribution in [3.8, 4) is 11.5 Å². The first-order valence-electron chi connectivity index (χ1n) is 5.08. The number of fused-ring (bicyclic) bond motifs is 1. The van der Waals surface area contributed by atoms with E-state index in [4.69, 9.17) is 9.52 Å². The van der Waals surface area contributed by atoms with Gasteiger partial charge in [0.05, 0.1) is 23.2 Å². The van der Waals surface area contributed by atoms with Gasteiger partial charge in [-0.15, -0.1) is 11.3 Å². The topological polar surface area (TPSA) is 54.8 Å². The van der Waals surface area contributed by atoms with Crippen LogP contribution in [0.25, 0.3) is 16.3 Å². The van der Waals surface area contributed by atoms with Gasteiger partial charge in [0.15, 0.2) is 5.76 Å². The SMILES string of the molecule is O=C(O)Cc1cc2scc(-c3ccco3)n2c1. The van der Waals surface area contributed by atoms with Crippen LogP contribution in [0.2, 0.25) is 0 Å². The second-order valence-corrected chi connectivity index (χ2v) is 4.62. The number of carboxylic acids is 1. The average molecular weight is 247 g/mol. The van der Waals surface area contributed by atoms with Crippen molar-refractivity contribution in [2.75, 3.05) is 0 Å². The van der Waals surface area contributed by atoms with Gasteiger partial charge in [0, 0.05) is 11.6 Å². The monoisotopic (exact) mass is 247 g/mol. The van der Waals surface area contributed by atoms with E-state index in [1.807, 2.05) is 34.2 Å². The summed E-state index contributed by atoms with van der Waals surface area (Å²) in [5, 5.41) is 10.8. The van der Waals surface area contributed by atoms with Gasteiger partial charge >= 0.3 is 5.97 Å². The van der Waals surface area contributed by atoms with Crippen LogP contribution in [0.1, 0.15) is 5.56 Å². The molecule has 3 aromatic rings. The van der Waals surface area contributed by atoms with Gasteiger partial charge in [-0.1, -0.05) is 0 Å². The van der Waals surface area contributed by atoms with Gasteiger partial charge in [0.25, 0.3) is 0 Å². The van der Waals surface area contributed by atoms with Gasteiger partial charge in [-0.25, -0.2) is 0 Å². The molecule has 0 spiro atoms. The summed E-state index contributed by atoms with van der Waals surface area (Å²) in [6.45, 7) is 0. The number of rotatable bonds is 3. The Morgan fingerprint density at radius 3 is 3.12 bits per heavy atom. The Kier molecular flexibility index (Phi) is 2.26. The first-order valence-corrected chi connectivity index (χ1v) is 5.96. The lowest BCUT2D eigenvalue weighted by atomic mass is 10.2. The van der Waals surface area contributed by atoms with Gasteiger partial charge in [-0.3, -0.25) is 4.79 Å².